The van der Waals surface area contributed by atoms with Crippen LogP contribution in [0.2, 0.25) is 0 Å². The Bertz CT molecular complexity index is 301. The third kappa shape index (κ3) is 4.19. The molecule has 116 valence electrons. The third-order valence-electron chi connectivity index (χ3n) is 4.98. The van der Waals surface area contributed by atoms with E-state index in [4.69, 9.17) is 4.74 Å². The Morgan fingerprint density at radius 1 is 1.15 bits per heavy atom. The maximum Gasteiger partial charge on any atom is 0.310 e. The lowest BCUT2D eigenvalue weighted by atomic mass is 9.91. The summed E-state index contributed by atoms with van der Waals surface area (Å²) in [6.45, 7) is 8.68. The molecule has 2 unspecified atom stereocenters. The molecular weight excluding hydrogens is 252 g/mol. The largest absolute Gasteiger partial charge is 0.469 e. The highest BCUT2D eigenvalue weighted by Gasteiger charge is 2.35. The number of esters is 1. The minimum atomic E-state index is -0.00259. The van der Waals surface area contributed by atoms with Crippen LogP contribution in [0.3, 0.4) is 0 Å². The van der Waals surface area contributed by atoms with E-state index in [2.05, 4.69) is 16.7 Å². The van der Waals surface area contributed by atoms with Gasteiger partial charge in [0, 0.05) is 13.1 Å². The topological polar surface area (TPSA) is 32.8 Å². The van der Waals surface area contributed by atoms with Crippen LogP contribution in [0.5, 0.6) is 0 Å². The summed E-state index contributed by atoms with van der Waals surface area (Å²) in [5.74, 6) is 0.539. The molecule has 2 atom stereocenters. The molecule has 0 radical (unpaired) electrons. The first-order chi connectivity index (χ1) is 9.74. The minimum absolute atomic E-state index is 0.00259. The standard InChI is InChI=1S/C16H30N2O2/c1-3-17-11-8-14(12-17)15(16(19)20-2)13-18-9-6-4-5-7-10-18/h14-15H,3-13H2,1-2H3. The number of methoxy groups -OCH3 is 1. The predicted molar refractivity (Wildman–Crippen MR) is 80.6 cm³/mol. The van der Waals surface area contributed by atoms with Crippen LogP contribution in [0.25, 0.3) is 0 Å². The second-order valence-corrected chi connectivity index (χ2v) is 6.29. The molecule has 0 amide bonds. The number of hydrogen-bond donors (Lipinski definition) is 0. The fourth-order valence-corrected chi connectivity index (χ4v) is 3.64. The number of nitrogens with zero attached hydrogens (tertiary/aromatic N) is 2. The van der Waals surface area contributed by atoms with Gasteiger partial charge in [0.25, 0.3) is 0 Å². The Hall–Kier alpha value is -0.610. The van der Waals surface area contributed by atoms with E-state index >= 15 is 0 Å². The Balaban J connectivity index is 1.94. The van der Waals surface area contributed by atoms with Gasteiger partial charge in [-0.15, -0.1) is 0 Å². The highest BCUT2D eigenvalue weighted by atomic mass is 16.5. The Labute approximate surface area is 123 Å². The van der Waals surface area contributed by atoms with E-state index in [1.165, 1.54) is 32.8 Å². The van der Waals surface area contributed by atoms with Crippen molar-refractivity contribution in [3.63, 3.8) is 0 Å². The minimum Gasteiger partial charge on any atom is -0.469 e. The molecule has 2 fully saturated rings. The van der Waals surface area contributed by atoms with Gasteiger partial charge in [-0.3, -0.25) is 4.79 Å². The molecule has 0 aromatic carbocycles. The van der Waals surface area contributed by atoms with Crippen molar-refractivity contribution in [3.05, 3.63) is 0 Å². The smallest absolute Gasteiger partial charge is 0.310 e. The summed E-state index contributed by atoms with van der Waals surface area (Å²) < 4.78 is 5.08. The van der Waals surface area contributed by atoms with Gasteiger partial charge in [-0.1, -0.05) is 19.8 Å². The zero-order valence-electron chi connectivity index (χ0n) is 13.1. The molecule has 0 bridgehead atoms. The molecule has 0 aliphatic carbocycles. The second-order valence-electron chi connectivity index (χ2n) is 6.29. The van der Waals surface area contributed by atoms with E-state index < -0.39 is 0 Å². The number of likely N-dealkylation sites (tertiary alicyclic amines) is 2. The molecule has 0 N–H and O–H groups in total. The highest BCUT2D eigenvalue weighted by Crippen LogP contribution is 2.26. The second kappa shape index (κ2) is 7.99. The molecule has 2 aliphatic heterocycles. The molecular formula is C16H30N2O2. The molecule has 0 saturated carbocycles. The van der Waals surface area contributed by atoms with Crippen LogP contribution in [0, 0.1) is 11.8 Å². The lowest BCUT2D eigenvalue weighted by Crippen LogP contribution is -2.39. The molecule has 0 aromatic rings. The van der Waals surface area contributed by atoms with E-state index in [-0.39, 0.29) is 11.9 Å². The van der Waals surface area contributed by atoms with Crippen LogP contribution in [0.15, 0.2) is 0 Å². The predicted octanol–water partition coefficient (Wildman–Crippen LogP) is 1.99. The van der Waals surface area contributed by atoms with Gasteiger partial charge in [0.2, 0.25) is 0 Å². The summed E-state index contributed by atoms with van der Waals surface area (Å²) in [6.07, 6.45) is 6.37. The van der Waals surface area contributed by atoms with Crippen LogP contribution in [0.4, 0.5) is 0 Å². The fraction of sp³-hybridized carbons (Fsp3) is 0.938. The van der Waals surface area contributed by atoms with Crippen molar-refractivity contribution < 1.29 is 9.53 Å². The normalized spacial score (nSPS) is 27.2. The molecule has 20 heavy (non-hydrogen) atoms. The number of carbonyl (C=O) groups excluding carboxylic acids is 1. The molecule has 2 saturated heterocycles. The van der Waals surface area contributed by atoms with E-state index in [9.17, 15) is 4.79 Å². The molecule has 4 heteroatoms. The van der Waals surface area contributed by atoms with Gasteiger partial charge in [0.1, 0.15) is 0 Å². The summed E-state index contributed by atoms with van der Waals surface area (Å²) in [4.78, 5) is 17.1. The first-order valence-corrected chi connectivity index (χ1v) is 8.27. The molecule has 4 nitrogen and oxygen atoms in total. The van der Waals surface area contributed by atoms with E-state index in [0.29, 0.717) is 5.92 Å². The van der Waals surface area contributed by atoms with Gasteiger partial charge in [-0.05, 0) is 51.4 Å². The first-order valence-electron chi connectivity index (χ1n) is 8.27. The molecule has 2 heterocycles. The summed E-state index contributed by atoms with van der Waals surface area (Å²) in [5.41, 5.74) is 0. The average Bonchev–Trinajstić information content (AvgIpc) is 2.80. The number of carbonyl (C=O) groups is 1. The maximum atomic E-state index is 12.2. The fourth-order valence-electron chi connectivity index (χ4n) is 3.64. The first kappa shape index (κ1) is 15.8. The van der Waals surface area contributed by atoms with Crippen LogP contribution in [-0.4, -0.2) is 62.1 Å². The maximum absolute atomic E-state index is 12.2. The molecule has 2 rings (SSSR count). The zero-order valence-corrected chi connectivity index (χ0v) is 13.1. The van der Waals surface area contributed by atoms with Crippen LogP contribution < -0.4 is 0 Å². The van der Waals surface area contributed by atoms with E-state index in [1.807, 2.05) is 0 Å². The van der Waals surface area contributed by atoms with Gasteiger partial charge in [0.15, 0.2) is 0 Å². The van der Waals surface area contributed by atoms with Crippen molar-refractivity contribution in [2.75, 3.05) is 46.4 Å². The van der Waals surface area contributed by atoms with Crippen molar-refractivity contribution in [1.29, 1.82) is 0 Å². The molecule has 0 aromatic heterocycles. The summed E-state index contributed by atoms with van der Waals surface area (Å²) >= 11 is 0. The van der Waals surface area contributed by atoms with Crippen molar-refractivity contribution in [2.45, 2.75) is 39.0 Å². The third-order valence-corrected chi connectivity index (χ3v) is 4.98. The summed E-state index contributed by atoms with van der Waals surface area (Å²) in [5, 5.41) is 0. The zero-order chi connectivity index (χ0) is 14.4. The van der Waals surface area contributed by atoms with E-state index in [1.54, 1.807) is 0 Å². The summed E-state index contributed by atoms with van der Waals surface area (Å²) in [6, 6.07) is 0. The number of rotatable bonds is 5. The van der Waals surface area contributed by atoms with Gasteiger partial charge < -0.3 is 14.5 Å². The van der Waals surface area contributed by atoms with Gasteiger partial charge in [-0.25, -0.2) is 0 Å². The van der Waals surface area contributed by atoms with Gasteiger partial charge in [-0.2, -0.15) is 0 Å². The number of ether oxygens (including phenoxy) is 1. The van der Waals surface area contributed by atoms with Crippen LogP contribution >= 0.6 is 0 Å². The van der Waals surface area contributed by atoms with Crippen molar-refractivity contribution in [1.82, 2.24) is 9.80 Å². The summed E-state index contributed by atoms with van der Waals surface area (Å²) in [7, 11) is 1.53. The van der Waals surface area contributed by atoms with Crippen LogP contribution in [0.1, 0.15) is 39.0 Å². The quantitative estimate of drug-likeness (QED) is 0.722. The lowest BCUT2D eigenvalue weighted by molar-refractivity contribution is -0.148. The number of hydrogen-bond acceptors (Lipinski definition) is 4. The SMILES string of the molecule is CCN1CCC(C(CN2CCCCCC2)C(=O)OC)C1. The Morgan fingerprint density at radius 3 is 2.40 bits per heavy atom. The monoisotopic (exact) mass is 282 g/mol. The average molecular weight is 282 g/mol. The lowest BCUT2D eigenvalue weighted by Gasteiger charge is -2.28. The van der Waals surface area contributed by atoms with Crippen molar-refractivity contribution >= 4 is 5.97 Å². The Kier molecular flexibility index (Phi) is 6.30. The Morgan fingerprint density at radius 2 is 1.85 bits per heavy atom. The van der Waals surface area contributed by atoms with Crippen LogP contribution in [-0.2, 0) is 9.53 Å². The van der Waals surface area contributed by atoms with Gasteiger partial charge >= 0.3 is 5.97 Å². The van der Waals surface area contributed by atoms with Crippen molar-refractivity contribution in [3.8, 4) is 0 Å². The van der Waals surface area contributed by atoms with Gasteiger partial charge in [0.05, 0.1) is 13.0 Å². The van der Waals surface area contributed by atoms with Crippen molar-refractivity contribution in [2.24, 2.45) is 11.8 Å². The highest BCUT2D eigenvalue weighted by molar-refractivity contribution is 5.73. The molecule has 2 aliphatic rings. The molecule has 0 spiro atoms. The van der Waals surface area contributed by atoms with E-state index in [0.717, 1.165) is 45.7 Å².